The van der Waals surface area contributed by atoms with Gasteiger partial charge in [-0.2, -0.15) is 0 Å². The van der Waals surface area contributed by atoms with Gasteiger partial charge in [-0.15, -0.1) is 0 Å². The predicted molar refractivity (Wildman–Crippen MR) is 240 cm³/mol. The number of hydrogen-bond acceptors (Lipinski definition) is 8. The highest BCUT2D eigenvalue weighted by Crippen LogP contribution is 2.29. The molecule has 0 bridgehead atoms. The normalized spacial score (nSPS) is 13.3. The van der Waals surface area contributed by atoms with E-state index in [1.165, 1.54) is 178 Å². The first kappa shape index (κ1) is 55.0. The van der Waals surface area contributed by atoms with Gasteiger partial charge < -0.3 is 33.8 Å². The fourth-order valence-electron chi connectivity index (χ4n) is 6.78. The molecular formula is C47H88NO6S2-. The monoisotopic (exact) mass is 827 g/mol. The summed E-state index contributed by atoms with van der Waals surface area (Å²) in [5, 5.41) is 21.1. The van der Waals surface area contributed by atoms with Crippen molar-refractivity contribution < 1.29 is 33.8 Å². The van der Waals surface area contributed by atoms with Crippen molar-refractivity contribution in [3.05, 3.63) is 24.3 Å². The zero-order valence-electron chi connectivity index (χ0n) is 36.9. The van der Waals surface area contributed by atoms with Gasteiger partial charge in [0.1, 0.15) is 12.6 Å². The maximum Gasteiger partial charge on any atom is 0.130 e. The molecule has 9 heteroatoms. The number of quaternary nitrogens is 1. The van der Waals surface area contributed by atoms with Gasteiger partial charge in [-0.3, -0.25) is 0 Å². The van der Waals surface area contributed by atoms with Gasteiger partial charge in [0.15, 0.2) is 0 Å². The molecule has 0 aromatic carbocycles. The van der Waals surface area contributed by atoms with Crippen LogP contribution in [0.4, 0.5) is 0 Å². The van der Waals surface area contributed by atoms with Crippen molar-refractivity contribution in [2.45, 2.75) is 211 Å². The van der Waals surface area contributed by atoms with Crippen LogP contribution in [0.15, 0.2) is 24.3 Å². The van der Waals surface area contributed by atoms with Crippen LogP contribution in [0.5, 0.6) is 0 Å². The number of unbranched alkanes of at least 4 members (excludes halogenated alkanes) is 24. The summed E-state index contributed by atoms with van der Waals surface area (Å²) >= 11 is 0. The molecule has 0 heterocycles. The Labute approximate surface area is 354 Å². The zero-order valence-corrected chi connectivity index (χ0v) is 38.6. The van der Waals surface area contributed by atoms with Gasteiger partial charge in [-0.25, -0.2) is 0 Å². The molecule has 0 aliphatic heterocycles. The molecule has 2 atom stereocenters. The molecule has 56 heavy (non-hydrogen) atoms. The molecule has 7 nitrogen and oxygen atoms in total. The maximum atomic E-state index is 11.3. The Bertz CT molecular complexity index is 930. The lowest BCUT2D eigenvalue weighted by Crippen LogP contribution is -2.48. The van der Waals surface area contributed by atoms with Crippen LogP contribution in [0.1, 0.15) is 200 Å². The van der Waals surface area contributed by atoms with E-state index in [0.717, 1.165) is 49.9 Å². The van der Waals surface area contributed by atoms with Crippen LogP contribution in [-0.2, 0) is 19.1 Å². The lowest BCUT2D eigenvalue weighted by atomic mass is 10.1. The summed E-state index contributed by atoms with van der Waals surface area (Å²) in [6, 6.07) is 0. The molecule has 0 N–H and O–H groups in total. The largest absolute Gasteiger partial charge is 0.550 e. The van der Waals surface area contributed by atoms with Crippen molar-refractivity contribution in [3.63, 3.8) is 0 Å². The second kappa shape index (κ2) is 42.1. The molecule has 0 aliphatic carbocycles. The van der Waals surface area contributed by atoms with Crippen LogP contribution in [0, 0.1) is 0 Å². The van der Waals surface area contributed by atoms with Gasteiger partial charge in [0.25, 0.3) is 0 Å². The predicted octanol–water partition coefficient (Wildman–Crippen LogP) is 11.2. The van der Waals surface area contributed by atoms with E-state index in [9.17, 15) is 19.8 Å². The number of nitrogens with zero attached hydrogens (tertiary/aromatic N) is 1. The van der Waals surface area contributed by atoms with Crippen LogP contribution in [0.25, 0.3) is 0 Å². The summed E-state index contributed by atoms with van der Waals surface area (Å²) in [6.45, 7) is 8.23. The first-order valence-electron chi connectivity index (χ1n) is 23.2. The number of carboxylic acids is 2. The molecule has 0 saturated heterocycles. The van der Waals surface area contributed by atoms with Crippen molar-refractivity contribution in [2.24, 2.45) is 0 Å². The SMILES string of the molecule is CCCCCCCC/C=C/CCCCCCCCOCC(C[N+](C)(C)CCSSC(CC(=O)[O-])C(=O)[O-])OCCCCCCCC/C=C/CCCCCCCC. The average molecular weight is 827 g/mol. The molecule has 0 radical (unpaired) electrons. The van der Waals surface area contributed by atoms with Gasteiger partial charge >= 0.3 is 0 Å². The molecule has 0 saturated carbocycles. The van der Waals surface area contributed by atoms with E-state index < -0.39 is 23.6 Å². The molecule has 0 amide bonds. The molecule has 330 valence electrons. The smallest absolute Gasteiger partial charge is 0.130 e. The minimum absolute atomic E-state index is 0.00561. The summed E-state index contributed by atoms with van der Waals surface area (Å²) in [7, 11) is 6.75. The van der Waals surface area contributed by atoms with E-state index in [0.29, 0.717) is 16.8 Å². The number of ether oxygens (including phenoxy) is 2. The van der Waals surface area contributed by atoms with E-state index in [2.05, 4.69) is 52.2 Å². The third-order valence-corrected chi connectivity index (χ3v) is 13.1. The number of aliphatic carboxylic acids is 2. The topological polar surface area (TPSA) is 98.7 Å². The summed E-state index contributed by atoms with van der Waals surface area (Å²) in [6.07, 6.45) is 45.2. The van der Waals surface area contributed by atoms with Gasteiger partial charge in [0.05, 0.1) is 44.2 Å². The molecular weight excluding hydrogens is 739 g/mol. The van der Waals surface area contributed by atoms with Crippen molar-refractivity contribution in [1.29, 1.82) is 0 Å². The average Bonchev–Trinajstić information content (AvgIpc) is 3.16. The Kier molecular flexibility index (Phi) is 41.4. The summed E-state index contributed by atoms with van der Waals surface area (Å²) < 4.78 is 13.3. The highest BCUT2D eigenvalue weighted by molar-refractivity contribution is 8.77. The zero-order chi connectivity index (χ0) is 41.2. The molecule has 0 aromatic rings. The number of carboxylic acid groups (broad SMARTS) is 2. The quantitative estimate of drug-likeness (QED) is 0.0259. The van der Waals surface area contributed by atoms with Crippen LogP contribution < -0.4 is 10.2 Å². The van der Waals surface area contributed by atoms with Crippen molar-refractivity contribution in [2.75, 3.05) is 52.8 Å². The highest BCUT2D eigenvalue weighted by atomic mass is 33.1. The molecule has 2 unspecified atom stereocenters. The minimum Gasteiger partial charge on any atom is -0.550 e. The fraction of sp³-hybridized carbons (Fsp3) is 0.872. The van der Waals surface area contributed by atoms with Crippen LogP contribution in [0.2, 0.25) is 0 Å². The molecule has 0 rings (SSSR count). The van der Waals surface area contributed by atoms with Gasteiger partial charge in [-0.1, -0.05) is 175 Å². The first-order valence-corrected chi connectivity index (χ1v) is 25.6. The van der Waals surface area contributed by atoms with Gasteiger partial charge in [0.2, 0.25) is 0 Å². The van der Waals surface area contributed by atoms with Crippen molar-refractivity contribution in [1.82, 2.24) is 0 Å². The van der Waals surface area contributed by atoms with Gasteiger partial charge in [0, 0.05) is 25.6 Å². The molecule has 0 spiro atoms. The lowest BCUT2D eigenvalue weighted by molar-refractivity contribution is -0.891. The van der Waals surface area contributed by atoms with E-state index in [1.54, 1.807) is 0 Å². The second-order valence-corrected chi connectivity index (χ2v) is 19.3. The third kappa shape index (κ3) is 41.2. The Balaban J connectivity index is 4.35. The number of likely N-dealkylation sites (N-methyl/N-ethyl adjacent to an activating group) is 1. The van der Waals surface area contributed by atoms with Crippen LogP contribution >= 0.6 is 21.6 Å². The van der Waals surface area contributed by atoms with E-state index >= 15 is 0 Å². The Morgan fingerprint density at radius 1 is 0.589 bits per heavy atom. The summed E-state index contributed by atoms with van der Waals surface area (Å²) in [5.41, 5.74) is 0. The number of allylic oxidation sites excluding steroid dienone is 4. The molecule has 0 fully saturated rings. The Morgan fingerprint density at radius 2 is 1.00 bits per heavy atom. The number of hydrogen-bond donors (Lipinski definition) is 0. The number of rotatable bonds is 45. The van der Waals surface area contributed by atoms with Crippen molar-refractivity contribution in [3.8, 4) is 0 Å². The lowest BCUT2D eigenvalue weighted by Gasteiger charge is -2.33. The highest BCUT2D eigenvalue weighted by Gasteiger charge is 2.23. The number of carbonyl (C=O) groups is 2. The maximum absolute atomic E-state index is 11.3. The third-order valence-electron chi connectivity index (χ3n) is 10.4. The first-order chi connectivity index (χ1) is 27.2. The minimum atomic E-state index is -1.37. The molecule has 0 aromatic heterocycles. The van der Waals surface area contributed by atoms with Gasteiger partial charge in [-0.05, 0) is 64.2 Å². The Hall–Kier alpha value is -1.00. The van der Waals surface area contributed by atoms with E-state index in [4.69, 9.17) is 9.47 Å². The fourth-order valence-corrected chi connectivity index (χ4v) is 9.34. The van der Waals surface area contributed by atoms with E-state index in [-0.39, 0.29) is 6.10 Å². The van der Waals surface area contributed by atoms with Crippen LogP contribution in [-0.4, -0.2) is 80.5 Å². The standard InChI is InChI=1S/C47H89NO6S2/c1-5-7-9-11-13-15-17-19-21-23-25-27-29-31-33-35-38-53-43-44(42-48(3,4)37-40-55-56-45(47(51)52)41-46(49)50)54-39-36-34-32-30-28-26-24-22-20-18-16-14-12-10-8-6-2/h19-22,44-45H,5-18,23-43H2,1-4H3,(H-,49,50,51,52)/p-1/b21-19+,22-20+. The summed E-state index contributed by atoms with van der Waals surface area (Å²) in [4.78, 5) is 22.2. The van der Waals surface area contributed by atoms with Crippen LogP contribution in [0.3, 0.4) is 0 Å². The second-order valence-electron chi connectivity index (χ2n) is 16.6. The van der Waals surface area contributed by atoms with E-state index in [1.807, 2.05) is 0 Å². The number of carbonyl (C=O) groups excluding carboxylic acids is 2. The Morgan fingerprint density at radius 3 is 1.43 bits per heavy atom. The van der Waals surface area contributed by atoms with Crippen molar-refractivity contribution >= 4 is 33.5 Å². The molecule has 0 aliphatic rings. The summed E-state index contributed by atoms with van der Waals surface area (Å²) in [5.74, 6) is -2.05.